The molecular formula is C21H22FN7O. The molecule has 2 bridgehead atoms. The minimum atomic E-state index is -0.525. The van der Waals surface area contributed by atoms with Gasteiger partial charge in [-0.1, -0.05) is 0 Å². The van der Waals surface area contributed by atoms with E-state index in [1.807, 2.05) is 13.8 Å². The fourth-order valence-corrected chi connectivity index (χ4v) is 3.49. The first-order chi connectivity index (χ1) is 14.5. The van der Waals surface area contributed by atoms with Gasteiger partial charge in [-0.3, -0.25) is 4.99 Å². The van der Waals surface area contributed by atoms with Crippen molar-refractivity contribution >= 4 is 11.5 Å². The highest BCUT2D eigenvalue weighted by Gasteiger charge is 2.23. The van der Waals surface area contributed by atoms with Crippen molar-refractivity contribution in [1.82, 2.24) is 19.7 Å². The van der Waals surface area contributed by atoms with Crippen molar-refractivity contribution in [2.24, 2.45) is 10.7 Å². The molecule has 0 saturated carbocycles. The van der Waals surface area contributed by atoms with Gasteiger partial charge in [-0.05, 0) is 44.3 Å². The number of hydrogen-bond acceptors (Lipinski definition) is 7. The molecule has 2 aromatic heterocycles. The molecule has 4 N–H and O–H groups in total. The number of hydrogen-bond donors (Lipinski definition) is 2. The first kappa shape index (κ1) is 19.6. The number of aromatic nitrogens is 4. The first-order valence-electron chi connectivity index (χ1n) is 9.58. The average molecular weight is 407 g/mol. The second-order valence-corrected chi connectivity index (χ2v) is 6.85. The molecule has 0 spiro atoms. The third-order valence-corrected chi connectivity index (χ3v) is 4.90. The van der Waals surface area contributed by atoms with Crippen molar-refractivity contribution < 1.29 is 9.13 Å². The van der Waals surface area contributed by atoms with Crippen molar-refractivity contribution in [3.63, 3.8) is 0 Å². The Labute approximate surface area is 173 Å². The standard InChI is InChI=1S/C21H22FN7O/c1-3-25-20-13(9-23)7-19-27-11-28-29(19)17-5-4-15(22)8-16(17)12(2)30-18-6-14(20)10-26-21(18)24/h4-6,8-12H,3,7,23H2,1-2H3,(H2,24,26). The van der Waals surface area contributed by atoms with Gasteiger partial charge in [0.2, 0.25) is 0 Å². The lowest BCUT2D eigenvalue weighted by Gasteiger charge is -2.22. The predicted octanol–water partition coefficient (Wildman–Crippen LogP) is 2.73. The summed E-state index contributed by atoms with van der Waals surface area (Å²) in [6, 6.07) is 6.24. The molecule has 1 aromatic carbocycles. The third kappa shape index (κ3) is 3.49. The molecule has 0 fully saturated rings. The molecule has 154 valence electrons. The topological polar surface area (TPSA) is 117 Å². The number of nitrogens with zero attached hydrogens (tertiary/aromatic N) is 5. The van der Waals surface area contributed by atoms with E-state index >= 15 is 0 Å². The van der Waals surface area contributed by atoms with Gasteiger partial charge in [-0.2, -0.15) is 5.10 Å². The first-order valence-corrected chi connectivity index (χ1v) is 9.58. The largest absolute Gasteiger partial charge is 0.482 e. The fraction of sp³-hybridized carbons (Fsp3) is 0.238. The van der Waals surface area contributed by atoms with Crippen LogP contribution in [0.4, 0.5) is 10.2 Å². The van der Waals surface area contributed by atoms with E-state index in [-0.39, 0.29) is 11.6 Å². The molecule has 8 nitrogen and oxygen atoms in total. The summed E-state index contributed by atoms with van der Waals surface area (Å²) in [4.78, 5) is 13.3. The van der Waals surface area contributed by atoms with Crippen LogP contribution in [-0.4, -0.2) is 32.0 Å². The van der Waals surface area contributed by atoms with Gasteiger partial charge in [0.25, 0.3) is 0 Å². The Morgan fingerprint density at radius 1 is 1.33 bits per heavy atom. The fourth-order valence-electron chi connectivity index (χ4n) is 3.49. The summed E-state index contributed by atoms with van der Waals surface area (Å²) in [7, 11) is 0. The minimum absolute atomic E-state index is 0.233. The van der Waals surface area contributed by atoms with E-state index in [4.69, 9.17) is 16.2 Å². The zero-order chi connectivity index (χ0) is 21.3. The Balaban J connectivity index is 1.98. The van der Waals surface area contributed by atoms with Crippen LogP contribution in [0.25, 0.3) is 5.69 Å². The van der Waals surface area contributed by atoms with E-state index in [2.05, 4.69) is 20.1 Å². The van der Waals surface area contributed by atoms with Crippen molar-refractivity contribution in [3.05, 3.63) is 71.3 Å². The number of allylic oxidation sites excluding steroid dienone is 1. The van der Waals surface area contributed by atoms with Gasteiger partial charge in [0, 0.05) is 35.9 Å². The Morgan fingerprint density at radius 3 is 2.93 bits per heavy atom. The lowest BCUT2D eigenvalue weighted by molar-refractivity contribution is 0.226. The third-order valence-electron chi connectivity index (χ3n) is 4.90. The zero-order valence-corrected chi connectivity index (χ0v) is 16.7. The van der Waals surface area contributed by atoms with Gasteiger partial charge < -0.3 is 16.2 Å². The number of nitrogens with two attached hydrogens (primary N) is 2. The van der Waals surface area contributed by atoms with E-state index in [1.165, 1.54) is 24.7 Å². The number of anilines is 1. The number of fused-ring (bicyclic) bond motifs is 5. The van der Waals surface area contributed by atoms with Crippen LogP contribution in [0.2, 0.25) is 0 Å². The van der Waals surface area contributed by atoms with Gasteiger partial charge >= 0.3 is 0 Å². The highest BCUT2D eigenvalue weighted by molar-refractivity contribution is 6.13. The molecule has 1 unspecified atom stereocenters. The minimum Gasteiger partial charge on any atom is -0.482 e. The second-order valence-electron chi connectivity index (χ2n) is 6.85. The van der Waals surface area contributed by atoms with Crippen LogP contribution in [0, 0.1) is 5.82 Å². The molecule has 3 aromatic rings. The Bertz CT molecular complexity index is 1150. The predicted molar refractivity (Wildman–Crippen MR) is 112 cm³/mol. The molecule has 3 heterocycles. The maximum Gasteiger partial charge on any atom is 0.166 e. The molecule has 1 atom stereocenters. The SMILES string of the molecule is CCN=C1C(=CN)Cc2ncnn2-c2ccc(F)cc2C(C)Oc2cc1cnc2N. The number of rotatable bonds is 1. The van der Waals surface area contributed by atoms with Crippen LogP contribution < -0.4 is 16.2 Å². The summed E-state index contributed by atoms with van der Waals surface area (Å²) < 4.78 is 21.9. The number of ether oxygens (including phenoxy) is 1. The van der Waals surface area contributed by atoms with Crippen LogP contribution in [0.1, 0.15) is 36.9 Å². The smallest absolute Gasteiger partial charge is 0.166 e. The lowest BCUT2D eigenvalue weighted by atomic mass is 10.0. The molecule has 0 amide bonds. The maximum absolute atomic E-state index is 14.1. The van der Waals surface area contributed by atoms with Crippen LogP contribution in [0.15, 0.2) is 53.6 Å². The van der Waals surface area contributed by atoms with Crippen molar-refractivity contribution in [2.45, 2.75) is 26.4 Å². The van der Waals surface area contributed by atoms with Crippen molar-refractivity contribution in [1.29, 1.82) is 0 Å². The zero-order valence-electron chi connectivity index (χ0n) is 16.7. The van der Waals surface area contributed by atoms with E-state index in [0.29, 0.717) is 41.5 Å². The van der Waals surface area contributed by atoms with Gasteiger partial charge in [0.1, 0.15) is 24.1 Å². The monoisotopic (exact) mass is 407 g/mol. The quantitative estimate of drug-likeness (QED) is 0.640. The summed E-state index contributed by atoms with van der Waals surface area (Å²) in [5.41, 5.74) is 15.4. The van der Waals surface area contributed by atoms with Gasteiger partial charge in [-0.15, -0.1) is 0 Å². The highest BCUT2D eigenvalue weighted by Crippen LogP contribution is 2.32. The Hall–Kier alpha value is -3.75. The normalized spacial score (nSPS) is 18.8. The van der Waals surface area contributed by atoms with Crippen molar-refractivity contribution in [2.75, 3.05) is 12.3 Å². The van der Waals surface area contributed by atoms with Gasteiger partial charge in [0.15, 0.2) is 11.6 Å². The van der Waals surface area contributed by atoms with Gasteiger partial charge in [-0.25, -0.2) is 19.0 Å². The summed E-state index contributed by atoms with van der Waals surface area (Å²) in [5.74, 6) is 0.878. The number of halogens is 1. The molecule has 0 saturated heterocycles. The van der Waals surface area contributed by atoms with E-state index in [1.54, 1.807) is 23.0 Å². The summed E-state index contributed by atoms with van der Waals surface area (Å²) in [6.07, 6.45) is 4.45. The van der Waals surface area contributed by atoms with Crippen LogP contribution >= 0.6 is 0 Å². The van der Waals surface area contributed by atoms with Crippen LogP contribution in [-0.2, 0) is 6.42 Å². The highest BCUT2D eigenvalue weighted by atomic mass is 19.1. The molecule has 9 heteroatoms. The molecule has 1 aliphatic rings. The molecular weight excluding hydrogens is 385 g/mol. The number of nitrogen functional groups attached to an aromatic ring is 1. The Kier molecular flexibility index (Phi) is 5.18. The molecule has 1 aliphatic heterocycles. The molecule has 0 aliphatic carbocycles. The van der Waals surface area contributed by atoms with Crippen LogP contribution in [0.5, 0.6) is 5.75 Å². The number of aliphatic imine (C=N–C) groups is 1. The number of pyridine rings is 1. The van der Waals surface area contributed by atoms with E-state index in [0.717, 1.165) is 11.1 Å². The maximum atomic E-state index is 14.1. The number of benzene rings is 1. The van der Waals surface area contributed by atoms with E-state index in [9.17, 15) is 4.39 Å². The summed E-state index contributed by atoms with van der Waals surface area (Å²) >= 11 is 0. The van der Waals surface area contributed by atoms with E-state index < -0.39 is 6.10 Å². The van der Waals surface area contributed by atoms with Crippen molar-refractivity contribution in [3.8, 4) is 11.4 Å². The molecule has 30 heavy (non-hydrogen) atoms. The van der Waals surface area contributed by atoms with Crippen LogP contribution in [0.3, 0.4) is 0 Å². The lowest BCUT2D eigenvalue weighted by Crippen LogP contribution is -2.18. The molecule has 0 radical (unpaired) electrons. The second kappa shape index (κ2) is 7.94. The Morgan fingerprint density at radius 2 is 2.17 bits per heavy atom. The molecule has 4 rings (SSSR count). The summed E-state index contributed by atoms with van der Waals surface area (Å²) in [5, 5.41) is 4.36. The van der Waals surface area contributed by atoms with Gasteiger partial charge in [0.05, 0.1) is 11.4 Å². The average Bonchev–Trinajstić information content (AvgIpc) is 3.19. The summed E-state index contributed by atoms with van der Waals surface area (Å²) in [6.45, 7) is 4.31.